The molecule has 3 rings (SSSR count). The number of urea groups is 1. The van der Waals surface area contributed by atoms with E-state index in [0.29, 0.717) is 25.7 Å². The molecule has 0 saturated carbocycles. The summed E-state index contributed by atoms with van der Waals surface area (Å²) in [5.41, 5.74) is 0. The van der Waals surface area contributed by atoms with Crippen molar-refractivity contribution in [1.29, 1.82) is 0 Å². The number of piperazine rings is 1. The van der Waals surface area contributed by atoms with Crippen LogP contribution in [0, 0.1) is 0 Å². The number of nitrogens with one attached hydrogen (secondary N) is 1. The second-order valence-electron chi connectivity index (χ2n) is 7.27. The molecule has 0 radical (unpaired) electrons. The summed E-state index contributed by atoms with van der Waals surface area (Å²) < 4.78 is 5.78. The number of carbonyl (C=O) groups is 1. The first-order valence-electron chi connectivity index (χ1n) is 9.47. The highest BCUT2D eigenvalue weighted by Crippen LogP contribution is 2.13. The van der Waals surface area contributed by atoms with E-state index < -0.39 is 0 Å². The zero-order chi connectivity index (χ0) is 18.5. The molecule has 2 aliphatic rings. The first-order valence-corrected chi connectivity index (χ1v) is 9.47. The minimum absolute atomic E-state index is 0.0137. The lowest BCUT2D eigenvalue weighted by molar-refractivity contribution is -0.0778. The Morgan fingerprint density at radius 3 is 2.42 bits per heavy atom. The third kappa shape index (κ3) is 4.82. The second-order valence-corrected chi connectivity index (χ2v) is 7.27. The van der Waals surface area contributed by atoms with E-state index in [4.69, 9.17) is 4.74 Å². The van der Waals surface area contributed by atoms with Crippen LogP contribution >= 0.6 is 0 Å². The van der Waals surface area contributed by atoms with Gasteiger partial charge in [0.1, 0.15) is 0 Å². The molecule has 26 heavy (non-hydrogen) atoms. The molecular weight excluding hydrogens is 332 g/mol. The highest BCUT2D eigenvalue weighted by Gasteiger charge is 2.27. The average Bonchev–Trinajstić information content (AvgIpc) is 2.66. The van der Waals surface area contributed by atoms with Crippen molar-refractivity contribution >= 4 is 12.0 Å². The molecule has 8 heteroatoms. The van der Waals surface area contributed by atoms with E-state index in [1.807, 2.05) is 11.0 Å². The molecule has 3 atom stereocenters. The Morgan fingerprint density at radius 2 is 1.81 bits per heavy atom. The number of amides is 2. The van der Waals surface area contributed by atoms with E-state index in [1.54, 1.807) is 12.4 Å². The first-order chi connectivity index (χ1) is 12.5. The van der Waals surface area contributed by atoms with E-state index in [0.717, 1.165) is 32.1 Å². The molecule has 0 aliphatic carbocycles. The highest BCUT2D eigenvalue weighted by atomic mass is 16.5. The van der Waals surface area contributed by atoms with E-state index in [2.05, 4.69) is 45.9 Å². The van der Waals surface area contributed by atoms with Gasteiger partial charge in [-0.05, 0) is 26.8 Å². The third-order valence-electron chi connectivity index (χ3n) is 5.02. The monoisotopic (exact) mass is 362 g/mol. The Labute approximate surface area is 155 Å². The van der Waals surface area contributed by atoms with Gasteiger partial charge < -0.3 is 19.9 Å². The largest absolute Gasteiger partial charge is 0.373 e. The molecular formula is C18H30N6O2. The van der Waals surface area contributed by atoms with Crippen molar-refractivity contribution < 1.29 is 9.53 Å². The van der Waals surface area contributed by atoms with Gasteiger partial charge in [0.25, 0.3) is 0 Å². The number of rotatable bonds is 4. The standard InChI is InChI=1S/C18H30N6O2/c1-14(24-12-15(2)26-16(3)13-24)11-21-18(25)23-9-7-22(8-10-23)17-19-5-4-6-20-17/h4-6,14-16H,7-13H2,1-3H3,(H,21,25)/t14-,15-,16-/m1/s1. The highest BCUT2D eigenvalue weighted by molar-refractivity contribution is 5.74. The van der Waals surface area contributed by atoms with Crippen molar-refractivity contribution in [2.24, 2.45) is 0 Å². The van der Waals surface area contributed by atoms with Crippen LogP contribution in [0.5, 0.6) is 0 Å². The number of hydrogen-bond acceptors (Lipinski definition) is 6. The number of anilines is 1. The van der Waals surface area contributed by atoms with Gasteiger partial charge >= 0.3 is 6.03 Å². The zero-order valence-electron chi connectivity index (χ0n) is 16.0. The Balaban J connectivity index is 1.41. The van der Waals surface area contributed by atoms with Crippen molar-refractivity contribution in [2.75, 3.05) is 50.7 Å². The Morgan fingerprint density at radius 1 is 1.19 bits per heavy atom. The average molecular weight is 362 g/mol. The van der Waals surface area contributed by atoms with Crippen LogP contribution in [0.25, 0.3) is 0 Å². The normalized spacial score (nSPS) is 25.8. The molecule has 2 saturated heterocycles. The van der Waals surface area contributed by atoms with Crippen molar-refractivity contribution in [2.45, 2.75) is 39.0 Å². The summed E-state index contributed by atoms with van der Waals surface area (Å²) in [5, 5.41) is 3.09. The SMILES string of the molecule is C[C@@H]1CN([C@H](C)CNC(=O)N2CCN(c3ncccn3)CC2)C[C@@H](C)O1. The van der Waals surface area contributed by atoms with Crippen molar-refractivity contribution in [3.8, 4) is 0 Å². The first kappa shape index (κ1) is 18.8. The van der Waals surface area contributed by atoms with E-state index in [1.165, 1.54) is 0 Å². The van der Waals surface area contributed by atoms with Gasteiger partial charge in [-0.3, -0.25) is 4.90 Å². The van der Waals surface area contributed by atoms with Crippen molar-refractivity contribution in [3.63, 3.8) is 0 Å². The molecule has 3 heterocycles. The Hall–Kier alpha value is -1.93. The summed E-state index contributed by atoms with van der Waals surface area (Å²) in [6.07, 6.45) is 3.97. The fourth-order valence-electron chi connectivity index (χ4n) is 3.62. The van der Waals surface area contributed by atoms with Crippen LogP contribution in [0.2, 0.25) is 0 Å². The summed E-state index contributed by atoms with van der Waals surface area (Å²) in [5.74, 6) is 0.733. The fraction of sp³-hybridized carbons (Fsp3) is 0.722. The molecule has 0 aromatic carbocycles. The molecule has 0 unspecified atom stereocenters. The third-order valence-corrected chi connectivity index (χ3v) is 5.02. The summed E-state index contributed by atoms with van der Waals surface area (Å²) >= 11 is 0. The van der Waals surface area contributed by atoms with Gasteiger partial charge in [0, 0.05) is 64.2 Å². The maximum atomic E-state index is 12.5. The topological polar surface area (TPSA) is 73.8 Å². The lowest BCUT2D eigenvalue weighted by atomic mass is 10.2. The summed E-state index contributed by atoms with van der Waals surface area (Å²) in [6, 6.07) is 2.12. The van der Waals surface area contributed by atoms with Gasteiger partial charge in [0.2, 0.25) is 5.95 Å². The lowest BCUT2D eigenvalue weighted by Gasteiger charge is -2.39. The molecule has 0 spiro atoms. The van der Waals surface area contributed by atoms with Crippen LogP contribution < -0.4 is 10.2 Å². The minimum Gasteiger partial charge on any atom is -0.373 e. The maximum absolute atomic E-state index is 12.5. The molecule has 1 aromatic rings. The molecule has 1 aromatic heterocycles. The van der Waals surface area contributed by atoms with Crippen molar-refractivity contribution in [1.82, 2.24) is 25.1 Å². The van der Waals surface area contributed by atoms with Gasteiger partial charge in [-0.2, -0.15) is 0 Å². The van der Waals surface area contributed by atoms with Crippen LogP contribution in [0.1, 0.15) is 20.8 Å². The van der Waals surface area contributed by atoms with Gasteiger partial charge in [-0.1, -0.05) is 0 Å². The Kier molecular flexibility index (Phi) is 6.26. The van der Waals surface area contributed by atoms with Crippen LogP contribution in [0.15, 0.2) is 18.5 Å². The number of morpholine rings is 1. The molecule has 0 bridgehead atoms. The molecule has 2 fully saturated rings. The zero-order valence-corrected chi connectivity index (χ0v) is 16.0. The fourth-order valence-corrected chi connectivity index (χ4v) is 3.62. The van der Waals surface area contributed by atoms with Gasteiger partial charge in [0.05, 0.1) is 12.2 Å². The molecule has 8 nitrogen and oxygen atoms in total. The number of ether oxygens (including phenoxy) is 1. The quantitative estimate of drug-likeness (QED) is 0.854. The molecule has 1 N–H and O–H groups in total. The van der Waals surface area contributed by atoms with Crippen LogP contribution in [-0.4, -0.2) is 89.9 Å². The van der Waals surface area contributed by atoms with Crippen LogP contribution in [0.4, 0.5) is 10.7 Å². The van der Waals surface area contributed by atoms with Crippen molar-refractivity contribution in [3.05, 3.63) is 18.5 Å². The lowest BCUT2D eigenvalue weighted by Crippen LogP contribution is -2.55. The van der Waals surface area contributed by atoms with Gasteiger partial charge in [-0.25, -0.2) is 14.8 Å². The number of aromatic nitrogens is 2. The van der Waals surface area contributed by atoms with Crippen LogP contribution in [-0.2, 0) is 4.74 Å². The number of hydrogen-bond donors (Lipinski definition) is 1. The van der Waals surface area contributed by atoms with Gasteiger partial charge in [0.15, 0.2) is 0 Å². The molecule has 2 aliphatic heterocycles. The summed E-state index contributed by atoms with van der Waals surface area (Å²) in [4.78, 5) is 27.4. The molecule has 144 valence electrons. The van der Waals surface area contributed by atoms with E-state index >= 15 is 0 Å². The Bertz CT molecular complexity index is 568. The maximum Gasteiger partial charge on any atom is 0.317 e. The predicted molar refractivity (Wildman–Crippen MR) is 100 cm³/mol. The summed E-state index contributed by atoms with van der Waals surface area (Å²) in [6.45, 7) is 11.7. The number of nitrogens with zero attached hydrogens (tertiary/aromatic N) is 5. The van der Waals surface area contributed by atoms with Crippen LogP contribution in [0.3, 0.4) is 0 Å². The predicted octanol–water partition coefficient (Wildman–Crippen LogP) is 0.806. The van der Waals surface area contributed by atoms with E-state index in [-0.39, 0.29) is 18.2 Å². The van der Waals surface area contributed by atoms with Gasteiger partial charge in [-0.15, -0.1) is 0 Å². The minimum atomic E-state index is 0.0137. The number of carbonyl (C=O) groups excluding carboxylic acids is 1. The smallest absolute Gasteiger partial charge is 0.317 e. The second kappa shape index (κ2) is 8.64. The summed E-state index contributed by atoms with van der Waals surface area (Å²) in [7, 11) is 0. The molecule has 2 amide bonds. The van der Waals surface area contributed by atoms with E-state index in [9.17, 15) is 4.79 Å².